The number of ether oxygens (including phenoxy) is 1. The molecule has 1 aromatic heterocycles. The van der Waals surface area contributed by atoms with Crippen LogP contribution in [0.15, 0.2) is 60.8 Å². The summed E-state index contributed by atoms with van der Waals surface area (Å²) in [5.41, 5.74) is 6.74. The molecular formula is C28H34N4O. The molecule has 2 aromatic carbocycles. The molecule has 0 N–H and O–H groups in total. The van der Waals surface area contributed by atoms with E-state index in [4.69, 9.17) is 4.74 Å². The van der Waals surface area contributed by atoms with Crippen molar-refractivity contribution >= 4 is 5.82 Å². The predicted molar refractivity (Wildman–Crippen MR) is 134 cm³/mol. The van der Waals surface area contributed by atoms with Gasteiger partial charge in [0.1, 0.15) is 18.2 Å². The van der Waals surface area contributed by atoms with Gasteiger partial charge >= 0.3 is 0 Å². The Morgan fingerprint density at radius 2 is 1.58 bits per heavy atom. The molecule has 0 bridgehead atoms. The maximum absolute atomic E-state index is 6.10. The van der Waals surface area contributed by atoms with Gasteiger partial charge in [-0.05, 0) is 49.2 Å². The van der Waals surface area contributed by atoms with Crippen LogP contribution in [-0.2, 0) is 19.6 Å². The average Bonchev–Trinajstić information content (AvgIpc) is 3.01. The van der Waals surface area contributed by atoms with Gasteiger partial charge < -0.3 is 9.64 Å². The summed E-state index contributed by atoms with van der Waals surface area (Å²) in [6.07, 6.45) is 1.88. The number of benzene rings is 2. The summed E-state index contributed by atoms with van der Waals surface area (Å²) in [7, 11) is 0. The van der Waals surface area contributed by atoms with E-state index in [2.05, 4.69) is 82.1 Å². The SMILES string of the molecule is Cc1cc(C)cc(CN2CCOc3ccc(CN4CCN(c5ccccn5)CC4)cc3C2)c1. The molecule has 2 aliphatic rings. The summed E-state index contributed by atoms with van der Waals surface area (Å²) < 4.78 is 6.10. The molecule has 33 heavy (non-hydrogen) atoms. The smallest absolute Gasteiger partial charge is 0.128 e. The van der Waals surface area contributed by atoms with Gasteiger partial charge in [0.05, 0.1) is 0 Å². The number of aryl methyl sites for hydroxylation is 2. The van der Waals surface area contributed by atoms with Crippen LogP contribution in [0.5, 0.6) is 5.75 Å². The first-order chi connectivity index (χ1) is 16.1. The van der Waals surface area contributed by atoms with Crippen molar-refractivity contribution in [3.63, 3.8) is 0 Å². The molecule has 0 unspecified atom stereocenters. The van der Waals surface area contributed by atoms with Gasteiger partial charge in [0.25, 0.3) is 0 Å². The van der Waals surface area contributed by atoms with Crippen molar-refractivity contribution in [2.45, 2.75) is 33.5 Å². The molecule has 0 amide bonds. The molecule has 0 aliphatic carbocycles. The largest absolute Gasteiger partial charge is 0.492 e. The Hall–Kier alpha value is -2.89. The molecule has 2 aliphatic heterocycles. The van der Waals surface area contributed by atoms with Gasteiger partial charge in [-0.1, -0.05) is 41.5 Å². The summed E-state index contributed by atoms with van der Waals surface area (Å²) >= 11 is 0. The highest BCUT2D eigenvalue weighted by Crippen LogP contribution is 2.26. The molecule has 1 fully saturated rings. The van der Waals surface area contributed by atoms with Crippen molar-refractivity contribution in [3.8, 4) is 5.75 Å². The van der Waals surface area contributed by atoms with Crippen LogP contribution in [0.2, 0.25) is 0 Å². The van der Waals surface area contributed by atoms with Gasteiger partial charge in [-0.3, -0.25) is 9.80 Å². The van der Waals surface area contributed by atoms with Crippen molar-refractivity contribution in [3.05, 3.63) is 88.6 Å². The lowest BCUT2D eigenvalue weighted by Crippen LogP contribution is -2.46. The zero-order valence-corrected chi connectivity index (χ0v) is 19.8. The summed E-state index contributed by atoms with van der Waals surface area (Å²) in [4.78, 5) is 11.9. The zero-order chi connectivity index (χ0) is 22.6. The van der Waals surface area contributed by atoms with E-state index in [-0.39, 0.29) is 0 Å². The Morgan fingerprint density at radius 1 is 0.788 bits per heavy atom. The lowest BCUT2D eigenvalue weighted by Gasteiger charge is -2.35. The number of hydrogen-bond acceptors (Lipinski definition) is 5. The number of hydrogen-bond donors (Lipinski definition) is 0. The third kappa shape index (κ3) is 5.55. The topological polar surface area (TPSA) is 31.8 Å². The summed E-state index contributed by atoms with van der Waals surface area (Å²) in [6, 6.07) is 19.8. The number of aromatic nitrogens is 1. The van der Waals surface area contributed by atoms with Crippen LogP contribution in [0.3, 0.4) is 0 Å². The van der Waals surface area contributed by atoms with Crippen LogP contribution in [0.25, 0.3) is 0 Å². The second kappa shape index (κ2) is 9.94. The van der Waals surface area contributed by atoms with Gasteiger partial charge in [-0.15, -0.1) is 0 Å². The Balaban J connectivity index is 1.22. The van der Waals surface area contributed by atoms with E-state index in [9.17, 15) is 0 Å². The van der Waals surface area contributed by atoms with Gasteiger partial charge in [-0.2, -0.15) is 0 Å². The highest BCUT2D eigenvalue weighted by molar-refractivity contribution is 5.39. The first-order valence-corrected chi connectivity index (χ1v) is 12.0. The first kappa shape index (κ1) is 21.9. The molecule has 0 saturated carbocycles. The average molecular weight is 443 g/mol. The Bertz CT molecular complexity index is 1060. The molecule has 5 heteroatoms. The molecule has 0 spiro atoms. The van der Waals surface area contributed by atoms with Crippen LogP contribution in [0.1, 0.15) is 27.8 Å². The Kier molecular flexibility index (Phi) is 6.60. The summed E-state index contributed by atoms with van der Waals surface area (Å²) in [5, 5.41) is 0. The second-order valence-electron chi connectivity index (χ2n) is 9.45. The zero-order valence-electron chi connectivity index (χ0n) is 19.8. The fraction of sp³-hybridized carbons (Fsp3) is 0.393. The fourth-order valence-corrected chi connectivity index (χ4v) is 5.09. The normalized spacial score (nSPS) is 17.3. The van der Waals surface area contributed by atoms with Crippen LogP contribution in [-0.4, -0.2) is 54.1 Å². The van der Waals surface area contributed by atoms with Crippen molar-refractivity contribution < 1.29 is 4.74 Å². The van der Waals surface area contributed by atoms with Gasteiger partial charge in [0.15, 0.2) is 0 Å². The highest BCUT2D eigenvalue weighted by atomic mass is 16.5. The lowest BCUT2D eigenvalue weighted by molar-refractivity contribution is 0.219. The van der Waals surface area contributed by atoms with E-state index in [1.807, 2.05) is 12.3 Å². The first-order valence-electron chi connectivity index (χ1n) is 12.0. The van der Waals surface area contributed by atoms with E-state index in [0.717, 1.165) is 70.5 Å². The number of nitrogens with zero attached hydrogens (tertiary/aromatic N) is 4. The fourth-order valence-electron chi connectivity index (χ4n) is 5.09. The minimum Gasteiger partial charge on any atom is -0.492 e. The van der Waals surface area contributed by atoms with E-state index in [1.54, 1.807) is 0 Å². The molecule has 5 nitrogen and oxygen atoms in total. The molecular weight excluding hydrogens is 408 g/mol. The number of anilines is 1. The predicted octanol–water partition coefficient (Wildman–Crippen LogP) is 4.42. The number of rotatable bonds is 5. The van der Waals surface area contributed by atoms with Crippen molar-refractivity contribution in [2.24, 2.45) is 0 Å². The molecule has 0 radical (unpaired) electrons. The van der Waals surface area contributed by atoms with Gasteiger partial charge in [-0.25, -0.2) is 4.98 Å². The second-order valence-corrected chi connectivity index (χ2v) is 9.45. The third-order valence-electron chi connectivity index (χ3n) is 6.62. The molecule has 3 heterocycles. The van der Waals surface area contributed by atoms with E-state index in [1.165, 1.54) is 27.8 Å². The maximum Gasteiger partial charge on any atom is 0.128 e. The van der Waals surface area contributed by atoms with Crippen LogP contribution < -0.4 is 9.64 Å². The Labute approximate surface area is 197 Å². The molecule has 5 rings (SSSR count). The molecule has 172 valence electrons. The van der Waals surface area contributed by atoms with Gasteiger partial charge in [0.2, 0.25) is 0 Å². The third-order valence-corrected chi connectivity index (χ3v) is 6.62. The molecule has 3 aromatic rings. The number of piperazine rings is 1. The quantitative estimate of drug-likeness (QED) is 0.584. The monoisotopic (exact) mass is 442 g/mol. The van der Waals surface area contributed by atoms with Crippen molar-refractivity contribution in [1.29, 1.82) is 0 Å². The van der Waals surface area contributed by atoms with Crippen molar-refractivity contribution in [1.82, 2.24) is 14.8 Å². The van der Waals surface area contributed by atoms with Crippen LogP contribution in [0.4, 0.5) is 5.82 Å². The molecule has 0 atom stereocenters. The Morgan fingerprint density at radius 3 is 2.33 bits per heavy atom. The number of fused-ring (bicyclic) bond motifs is 1. The van der Waals surface area contributed by atoms with Crippen LogP contribution in [0, 0.1) is 13.8 Å². The lowest BCUT2D eigenvalue weighted by atomic mass is 10.1. The van der Waals surface area contributed by atoms with E-state index >= 15 is 0 Å². The maximum atomic E-state index is 6.10. The van der Waals surface area contributed by atoms with E-state index in [0.29, 0.717) is 0 Å². The summed E-state index contributed by atoms with van der Waals surface area (Å²) in [6.45, 7) is 13.1. The van der Waals surface area contributed by atoms with Crippen molar-refractivity contribution in [2.75, 3.05) is 44.2 Å². The molecule has 1 saturated heterocycles. The number of pyridine rings is 1. The minimum atomic E-state index is 0.743. The summed E-state index contributed by atoms with van der Waals surface area (Å²) in [5.74, 6) is 2.13. The van der Waals surface area contributed by atoms with Crippen LogP contribution >= 0.6 is 0 Å². The minimum absolute atomic E-state index is 0.743. The van der Waals surface area contributed by atoms with E-state index < -0.39 is 0 Å². The highest BCUT2D eigenvalue weighted by Gasteiger charge is 2.20. The van der Waals surface area contributed by atoms with Gasteiger partial charge in [0, 0.05) is 64.1 Å². The standard InChI is InChI=1S/C28H34N4O/c1-22-15-23(2)17-25(16-22)20-31-13-14-33-27-7-6-24(18-26(27)21-31)19-30-9-11-32(12-10-30)28-5-3-4-8-29-28/h3-8,15-18H,9-14,19-21H2,1-2H3.